The van der Waals surface area contributed by atoms with E-state index >= 15 is 0 Å². The smallest absolute Gasteiger partial charge is 0.251 e. The minimum absolute atomic E-state index is 0.00836. The van der Waals surface area contributed by atoms with E-state index in [4.69, 9.17) is 15.1 Å². The number of fused-ring (bicyclic) bond motifs is 1. The first kappa shape index (κ1) is 24.3. The van der Waals surface area contributed by atoms with Gasteiger partial charge in [0.15, 0.2) is 0 Å². The minimum atomic E-state index is -3.89. The Bertz CT molecular complexity index is 1670. The standard InChI is InChI=1S/C27H24N6O3S/c28-37(35,36)22-9-4-8-20(16-22)26-25(19-6-2-1-3-7-19)32-24-17-21(10-11-23(24)31-26)27(34)30-12-5-14-33-15-13-29-18-33/h1-4,6-11,13,15-18H,5,12,14H2,(H,30,34)(H2,28,35,36). The van der Waals surface area contributed by atoms with Crippen LogP contribution in [0.3, 0.4) is 0 Å². The zero-order valence-electron chi connectivity index (χ0n) is 19.8. The van der Waals surface area contributed by atoms with Crippen LogP contribution in [0.15, 0.2) is 96.4 Å². The van der Waals surface area contributed by atoms with E-state index < -0.39 is 10.0 Å². The molecule has 0 radical (unpaired) electrons. The van der Waals surface area contributed by atoms with Crippen LogP contribution in [0.25, 0.3) is 33.5 Å². The van der Waals surface area contributed by atoms with Crippen LogP contribution in [0.5, 0.6) is 0 Å². The maximum atomic E-state index is 12.8. The first-order valence-electron chi connectivity index (χ1n) is 11.6. The summed E-state index contributed by atoms with van der Waals surface area (Å²) < 4.78 is 25.8. The highest BCUT2D eigenvalue weighted by atomic mass is 32.2. The molecule has 37 heavy (non-hydrogen) atoms. The van der Waals surface area contributed by atoms with Crippen LogP contribution >= 0.6 is 0 Å². The fraction of sp³-hybridized carbons (Fsp3) is 0.111. The number of sulfonamides is 1. The molecule has 9 nitrogen and oxygen atoms in total. The van der Waals surface area contributed by atoms with E-state index in [0.717, 1.165) is 18.5 Å². The average molecular weight is 513 g/mol. The summed E-state index contributed by atoms with van der Waals surface area (Å²) in [4.78, 5) is 26.4. The maximum Gasteiger partial charge on any atom is 0.251 e. The molecule has 0 atom stereocenters. The Labute approximate surface area is 214 Å². The number of hydrogen-bond acceptors (Lipinski definition) is 6. The number of nitrogens with one attached hydrogen (secondary N) is 1. The minimum Gasteiger partial charge on any atom is -0.352 e. The van der Waals surface area contributed by atoms with E-state index in [9.17, 15) is 13.2 Å². The predicted molar refractivity (Wildman–Crippen MR) is 141 cm³/mol. The summed E-state index contributed by atoms with van der Waals surface area (Å²) in [5, 5.41) is 8.29. The van der Waals surface area contributed by atoms with E-state index in [1.807, 2.05) is 41.1 Å². The largest absolute Gasteiger partial charge is 0.352 e. The number of aryl methyl sites for hydroxylation is 1. The van der Waals surface area contributed by atoms with Crippen LogP contribution in [0.1, 0.15) is 16.8 Å². The molecular weight excluding hydrogens is 488 g/mol. The summed E-state index contributed by atoms with van der Waals surface area (Å²) in [6.07, 6.45) is 6.12. The van der Waals surface area contributed by atoms with Crippen molar-refractivity contribution in [2.75, 3.05) is 6.54 Å². The molecule has 0 fully saturated rings. The van der Waals surface area contributed by atoms with Crippen LogP contribution in [-0.2, 0) is 16.6 Å². The molecular formula is C27H24N6O3S. The Morgan fingerprint density at radius 3 is 2.41 bits per heavy atom. The third-order valence-corrected chi connectivity index (χ3v) is 6.76. The van der Waals surface area contributed by atoms with Crippen LogP contribution < -0.4 is 10.5 Å². The van der Waals surface area contributed by atoms with Crippen molar-refractivity contribution in [3.05, 3.63) is 97.1 Å². The third kappa shape index (κ3) is 5.55. The normalized spacial score (nSPS) is 11.5. The first-order chi connectivity index (χ1) is 17.9. The van der Waals surface area contributed by atoms with E-state index in [0.29, 0.717) is 40.1 Å². The Balaban J connectivity index is 1.48. The number of nitrogens with two attached hydrogens (primary N) is 1. The SMILES string of the molecule is NS(=O)(=O)c1cccc(-c2nc3ccc(C(=O)NCCCn4ccnc4)cc3nc2-c2ccccc2)c1. The second-order valence-corrected chi connectivity index (χ2v) is 10.0. The van der Waals surface area contributed by atoms with Gasteiger partial charge in [-0.25, -0.2) is 28.5 Å². The summed E-state index contributed by atoms with van der Waals surface area (Å²) in [6.45, 7) is 1.29. The molecule has 0 aliphatic heterocycles. The number of carbonyl (C=O) groups excluding carboxylic acids is 1. The number of hydrogen-bond donors (Lipinski definition) is 2. The van der Waals surface area contributed by atoms with Gasteiger partial charge in [-0.15, -0.1) is 0 Å². The number of nitrogens with zero attached hydrogens (tertiary/aromatic N) is 4. The molecule has 1 amide bonds. The summed E-state index contributed by atoms with van der Waals surface area (Å²) in [6, 6.07) is 21.0. The zero-order chi connectivity index (χ0) is 25.8. The van der Waals surface area contributed by atoms with Crippen molar-refractivity contribution in [1.29, 1.82) is 0 Å². The van der Waals surface area contributed by atoms with Gasteiger partial charge in [-0.3, -0.25) is 4.79 Å². The number of imidazole rings is 1. The molecule has 0 saturated carbocycles. The lowest BCUT2D eigenvalue weighted by Gasteiger charge is -2.12. The quantitative estimate of drug-likeness (QED) is 0.305. The van der Waals surface area contributed by atoms with Gasteiger partial charge < -0.3 is 9.88 Å². The Morgan fingerprint density at radius 2 is 1.65 bits per heavy atom. The summed E-state index contributed by atoms with van der Waals surface area (Å²) >= 11 is 0. The van der Waals surface area contributed by atoms with E-state index in [-0.39, 0.29) is 10.8 Å². The molecule has 0 bridgehead atoms. The number of benzene rings is 3. The molecule has 186 valence electrons. The third-order valence-electron chi connectivity index (χ3n) is 5.85. The molecule has 10 heteroatoms. The van der Waals surface area contributed by atoms with Gasteiger partial charge in [0.2, 0.25) is 10.0 Å². The molecule has 0 aliphatic carbocycles. The second-order valence-electron chi connectivity index (χ2n) is 8.47. The molecule has 5 aromatic rings. The highest BCUT2D eigenvalue weighted by Crippen LogP contribution is 2.32. The predicted octanol–water partition coefficient (Wildman–Crippen LogP) is 3.63. The van der Waals surface area contributed by atoms with Gasteiger partial charge in [0, 0.05) is 42.2 Å². The van der Waals surface area contributed by atoms with Crippen molar-refractivity contribution in [3.8, 4) is 22.5 Å². The monoisotopic (exact) mass is 512 g/mol. The Hall–Kier alpha value is -4.41. The van der Waals surface area contributed by atoms with E-state index in [2.05, 4.69) is 10.3 Å². The van der Waals surface area contributed by atoms with Crippen molar-refractivity contribution >= 4 is 27.0 Å². The zero-order valence-corrected chi connectivity index (χ0v) is 20.6. The number of carbonyl (C=O) groups is 1. The highest BCUT2D eigenvalue weighted by molar-refractivity contribution is 7.89. The number of aromatic nitrogens is 4. The van der Waals surface area contributed by atoms with Crippen molar-refractivity contribution < 1.29 is 13.2 Å². The van der Waals surface area contributed by atoms with Crippen molar-refractivity contribution in [3.63, 3.8) is 0 Å². The molecule has 3 aromatic carbocycles. The highest BCUT2D eigenvalue weighted by Gasteiger charge is 2.17. The van der Waals surface area contributed by atoms with Gasteiger partial charge in [0.25, 0.3) is 5.91 Å². The second kappa shape index (κ2) is 10.3. The topological polar surface area (TPSA) is 133 Å². The Morgan fingerprint density at radius 1 is 0.892 bits per heavy atom. The van der Waals surface area contributed by atoms with E-state index in [1.54, 1.807) is 42.9 Å². The van der Waals surface area contributed by atoms with Crippen molar-refractivity contribution in [1.82, 2.24) is 24.8 Å². The molecule has 0 unspecified atom stereocenters. The molecule has 0 spiro atoms. The van der Waals surface area contributed by atoms with Gasteiger partial charge in [-0.1, -0.05) is 42.5 Å². The lowest BCUT2D eigenvalue weighted by Crippen LogP contribution is -2.25. The average Bonchev–Trinajstić information content (AvgIpc) is 3.44. The summed E-state index contributed by atoms with van der Waals surface area (Å²) in [5.41, 5.74) is 4.07. The van der Waals surface area contributed by atoms with E-state index in [1.165, 1.54) is 12.1 Å². The van der Waals surface area contributed by atoms with Gasteiger partial charge in [-0.2, -0.15) is 0 Å². The van der Waals surface area contributed by atoms with Gasteiger partial charge in [-0.05, 0) is 36.8 Å². The lowest BCUT2D eigenvalue weighted by molar-refractivity contribution is 0.0953. The van der Waals surface area contributed by atoms with Gasteiger partial charge in [0.1, 0.15) is 0 Å². The van der Waals surface area contributed by atoms with Crippen molar-refractivity contribution in [2.24, 2.45) is 5.14 Å². The fourth-order valence-electron chi connectivity index (χ4n) is 4.00. The first-order valence-corrected chi connectivity index (χ1v) is 13.2. The number of amides is 1. The van der Waals surface area contributed by atoms with Crippen molar-refractivity contribution in [2.45, 2.75) is 17.9 Å². The molecule has 3 N–H and O–H groups in total. The molecule has 2 aromatic heterocycles. The summed E-state index contributed by atoms with van der Waals surface area (Å²) in [7, 11) is -3.89. The molecule has 5 rings (SSSR count). The van der Waals surface area contributed by atoms with Gasteiger partial charge in [0.05, 0.1) is 33.6 Å². The maximum absolute atomic E-state index is 12.8. The number of rotatable bonds is 8. The molecule has 0 aliphatic rings. The fourth-order valence-corrected chi connectivity index (χ4v) is 4.56. The van der Waals surface area contributed by atoms with Crippen LogP contribution in [0, 0.1) is 0 Å². The lowest BCUT2D eigenvalue weighted by atomic mass is 10.0. The Kier molecular flexibility index (Phi) is 6.76. The van der Waals surface area contributed by atoms with Crippen LogP contribution in [-0.4, -0.2) is 40.4 Å². The van der Waals surface area contributed by atoms with Crippen LogP contribution in [0.4, 0.5) is 0 Å². The number of primary sulfonamides is 1. The summed E-state index contributed by atoms with van der Waals surface area (Å²) in [5.74, 6) is -0.194. The molecule has 2 heterocycles. The van der Waals surface area contributed by atoms with Crippen LogP contribution in [0.2, 0.25) is 0 Å². The molecule has 0 saturated heterocycles. The van der Waals surface area contributed by atoms with Gasteiger partial charge >= 0.3 is 0 Å².